The van der Waals surface area contributed by atoms with Gasteiger partial charge in [-0.2, -0.15) is 0 Å². The Morgan fingerprint density at radius 3 is 2.73 bits per heavy atom. The molecule has 1 aliphatic rings. The molecule has 3 atom stereocenters. The van der Waals surface area contributed by atoms with Crippen molar-refractivity contribution in [2.24, 2.45) is 0 Å². The molecule has 1 amide bonds. The normalized spacial score (nSPS) is 23.8. The van der Waals surface area contributed by atoms with Crippen LogP contribution in [-0.2, 0) is 14.3 Å². The van der Waals surface area contributed by atoms with E-state index in [1.807, 2.05) is 0 Å². The summed E-state index contributed by atoms with van der Waals surface area (Å²) in [5.74, 6) is -0.684. The van der Waals surface area contributed by atoms with Gasteiger partial charge in [0.1, 0.15) is 6.10 Å². The lowest BCUT2D eigenvalue weighted by Crippen LogP contribution is -2.48. The van der Waals surface area contributed by atoms with E-state index in [2.05, 4.69) is 15.0 Å². The number of carbonyl (C=O) groups is 2. The van der Waals surface area contributed by atoms with Crippen LogP contribution in [0.1, 0.15) is 16.8 Å². The molecule has 0 bridgehead atoms. The van der Waals surface area contributed by atoms with E-state index in [1.54, 1.807) is 24.3 Å². The zero-order valence-corrected chi connectivity index (χ0v) is 12.1. The number of nitrogens with one attached hydrogen (secondary N) is 1. The molecule has 1 aromatic heterocycles. The van der Waals surface area contributed by atoms with Crippen LogP contribution in [0.3, 0.4) is 0 Å². The van der Waals surface area contributed by atoms with Crippen molar-refractivity contribution >= 4 is 11.9 Å². The fraction of sp³-hybridized carbons (Fsp3) is 0.400. The van der Waals surface area contributed by atoms with Gasteiger partial charge in [-0.25, -0.2) is 0 Å². The summed E-state index contributed by atoms with van der Waals surface area (Å²) in [6.45, 7) is -0.274. The van der Waals surface area contributed by atoms with Crippen LogP contribution in [-0.4, -0.2) is 53.9 Å². The van der Waals surface area contributed by atoms with Crippen molar-refractivity contribution in [2.75, 3.05) is 13.7 Å². The van der Waals surface area contributed by atoms with Crippen molar-refractivity contribution in [3.63, 3.8) is 0 Å². The highest BCUT2D eigenvalue weighted by atomic mass is 16.5. The maximum atomic E-state index is 12.1. The molecule has 2 heterocycles. The average molecular weight is 306 g/mol. The fourth-order valence-corrected chi connectivity index (χ4v) is 2.12. The van der Waals surface area contributed by atoms with Crippen LogP contribution in [0, 0.1) is 0 Å². The number of aliphatic hydroxyl groups excluding tert-OH is 1. The lowest BCUT2D eigenvalue weighted by Gasteiger charge is -2.31. The summed E-state index contributed by atoms with van der Waals surface area (Å²) in [6, 6.07) is 2.72. The van der Waals surface area contributed by atoms with Gasteiger partial charge < -0.3 is 19.9 Å². The van der Waals surface area contributed by atoms with E-state index in [0.29, 0.717) is 5.56 Å². The quantitative estimate of drug-likeness (QED) is 0.590. The second-order valence-electron chi connectivity index (χ2n) is 4.80. The maximum Gasteiger partial charge on any atom is 0.308 e. The molecule has 0 saturated heterocycles. The third-order valence-corrected chi connectivity index (χ3v) is 3.30. The minimum atomic E-state index is -0.620. The number of amides is 1. The molecular weight excluding hydrogens is 288 g/mol. The summed E-state index contributed by atoms with van der Waals surface area (Å²) < 4.78 is 10.2. The Balaban J connectivity index is 2.00. The number of nitrogens with zero attached hydrogens (tertiary/aromatic N) is 1. The van der Waals surface area contributed by atoms with Gasteiger partial charge in [0.2, 0.25) is 0 Å². The number of esters is 1. The van der Waals surface area contributed by atoms with Crippen molar-refractivity contribution in [3.8, 4) is 0 Å². The van der Waals surface area contributed by atoms with E-state index in [-0.39, 0.29) is 18.9 Å². The van der Waals surface area contributed by atoms with Crippen LogP contribution in [0.5, 0.6) is 0 Å². The number of aromatic nitrogens is 1. The zero-order chi connectivity index (χ0) is 15.9. The Hall–Kier alpha value is -2.25. The highest BCUT2D eigenvalue weighted by Crippen LogP contribution is 2.16. The molecule has 2 rings (SSSR count). The minimum Gasteiger partial charge on any atom is -0.469 e. The molecule has 0 spiro atoms. The van der Waals surface area contributed by atoms with Gasteiger partial charge in [-0.05, 0) is 12.1 Å². The molecule has 0 fully saturated rings. The number of rotatable bonds is 5. The molecule has 7 heteroatoms. The number of hydrogen-bond acceptors (Lipinski definition) is 6. The summed E-state index contributed by atoms with van der Waals surface area (Å²) in [5.41, 5.74) is 0.469. The van der Waals surface area contributed by atoms with E-state index in [4.69, 9.17) is 4.74 Å². The first-order chi connectivity index (χ1) is 10.6. The van der Waals surface area contributed by atoms with E-state index >= 15 is 0 Å². The number of carbonyl (C=O) groups excluding carboxylic acids is 2. The van der Waals surface area contributed by atoms with Gasteiger partial charge in [0.05, 0.1) is 32.3 Å². The van der Waals surface area contributed by atoms with Gasteiger partial charge >= 0.3 is 5.97 Å². The predicted molar refractivity (Wildman–Crippen MR) is 77.0 cm³/mol. The van der Waals surface area contributed by atoms with Crippen LogP contribution in [0.25, 0.3) is 0 Å². The van der Waals surface area contributed by atoms with Crippen LogP contribution in [0.15, 0.2) is 36.7 Å². The minimum absolute atomic E-state index is 0.0640. The maximum absolute atomic E-state index is 12.1. The molecule has 0 aliphatic carbocycles. The van der Waals surface area contributed by atoms with E-state index in [1.165, 1.54) is 19.5 Å². The highest BCUT2D eigenvalue weighted by Gasteiger charge is 2.29. The monoisotopic (exact) mass is 306 g/mol. The van der Waals surface area contributed by atoms with Gasteiger partial charge in [0.25, 0.3) is 5.91 Å². The second-order valence-corrected chi connectivity index (χ2v) is 4.80. The summed E-state index contributed by atoms with van der Waals surface area (Å²) >= 11 is 0. The van der Waals surface area contributed by atoms with E-state index < -0.39 is 24.2 Å². The van der Waals surface area contributed by atoms with Crippen LogP contribution in [0.4, 0.5) is 0 Å². The average Bonchev–Trinajstić information content (AvgIpc) is 2.56. The fourth-order valence-electron chi connectivity index (χ4n) is 2.12. The summed E-state index contributed by atoms with van der Waals surface area (Å²) in [7, 11) is 1.30. The Morgan fingerprint density at radius 2 is 2.09 bits per heavy atom. The number of aliphatic hydroxyl groups is 1. The van der Waals surface area contributed by atoms with Crippen molar-refractivity contribution < 1.29 is 24.2 Å². The van der Waals surface area contributed by atoms with Gasteiger partial charge in [-0.3, -0.25) is 14.6 Å². The largest absolute Gasteiger partial charge is 0.469 e. The number of pyridine rings is 1. The van der Waals surface area contributed by atoms with Crippen LogP contribution < -0.4 is 5.32 Å². The standard InChI is InChI=1S/C15H18N2O5/c1-21-14(19)8-11-2-3-12(13(9-18)22-11)17-15(20)10-4-6-16-7-5-10/h2-7,11-13,18H,8-9H2,1H3,(H,17,20)/t11-,12-,13-/m1/s1. The number of hydrogen-bond donors (Lipinski definition) is 2. The summed E-state index contributed by atoms with van der Waals surface area (Å²) in [4.78, 5) is 27.2. The van der Waals surface area contributed by atoms with E-state index in [0.717, 1.165) is 0 Å². The zero-order valence-electron chi connectivity index (χ0n) is 12.1. The van der Waals surface area contributed by atoms with Gasteiger partial charge in [0.15, 0.2) is 0 Å². The Kier molecular flexibility index (Phi) is 5.62. The molecular formula is C15H18N2O5. The number of methoxy groups -OCH3 is 1. The Labute approximate surface area is 127 Å². The van der Waals surface area contributed by atoms with Crippen molar-refractivity contribution in [1.82, 2.24) is 10.3 Å². The molecule has 0 radical (unpaired) electrons. The molecule has 1 aromatic rings. The molecule has 22 heavy (non-hydrogen) atoms. The third kappa shape index (κ3) is 4.12. The lowest BCUT2D eigenvalue weighted by molar-refractivity contribution is -0.144. The molecule has 118 valence electrons. The molecule has 7 nitrogen and oxygen atoms in total. The van der Waals surface area contributed by atoms with Gasteiger partial charge in [-0.1, -0.05) is 12.2 Å². The van der Waals surface area contributed by atoms with Crippen molar-refractivity contribution in [3.05, 3.63) is 42.2 Å². The first-order valence-electron chi connectivity index (χ1n) is 6.86. The smallest absolute Gasteiger partial charge is 0.308 e. The Bertz CT molecular complexity index is 546. The van der Waals surface area contributed by atoms with Crippen LogP contribution in [0.2, 0.25) is 0 Å². The third-order valence-electron chi connectivity index (χ3n) is 3.30. The van der Waals surface area contributed by atoms with Crippen molar-refractivity contribution in [2.45, 2.75) is 24.7 Å². The molecule has 0 saturated carbocycles. The highest BCUT2D eigenvalue weighted by molar-refractivity contribution is 5.94. The van der Waals surface area contributed by atoms with Crippen LogP contribution >= 0.6 is 0 Å². The summed E-state index contributed by atoms with van der Waals surface area (Å²) in [5, 5.41) is 12.2. The van der Waals surface area contributed by atoms with Gasteiger partial charge in [-0.15, -0.1) is 0 Å². The predicted octanol–water partition coefficient (Wildman–Crippen LogP) is 0.0590. The second kappa shape index (κ2) is 7.67. The lowest BCUT2D eigenvalue weighted by atomic mass is 10.0. The first-order valence-corrected chi connectivity index (χ1v) is 6.86. The first kappa shape index (κ1) is 16.1. The van der Waals surface area contributed by atoms with Gasteiger partial charge in [0, 0.05) is 18.0 Å². The molecule has 0 unspecified atom stereocenters. The Morgan fingerprint density at radius 1 is 1.36 bits per heavy atom. The summed E-state index contributed by atoms with van der Waals surface area (Å²) in [6.07, 6.45) is 5.42. The molecule has 2 N–H and O–H groups in total. The van der Waals surface area contributed by atoms with Crippen molar-refractivity contribution in [1.29, 1.82) is 0 Å². The topological polar surface area (TPSA) is 97.8 Å². The van der Waals surface area contributed by atoms with E-state index in [9.17, 15) is 14.7 Å². The molecule has 0 aromatic carbocycles. The SMILES string of the molecule is COC(=O)C[C@H]1C=C[C@@H](NC(=O)c2ccncc2)[C@@H](CO)O1. The number of ether oxygens (including phenoxy) is 2. The molecule has 1 aliphatic heterocycles.